The van der Waals surface area contributed by atoms with Gasteiger partial charge in [-0.15, -0.1) is 0 Å². The molecule has 0 aromatic carbocycles. The average molecular weight is 277 g/mol. The van der Waals surface area contributed by atoms with Crippen LogP contribution in [0, 0.1) is 0 Å². The molecule has 19 heavy (non-hydrogen) atoms. The van der Waals surface area contributed by atoms with Gasteiger partial charge in [-0.25, -0.2) is 9.59 Å². The van der Waals surface area contributed by atoms with Crippen LogP contribution in [0.1, 0.15) is 47.5 Å². The Morgan fingerprint density at radius 1 is 1.21 bits per heavy atom. The fourth-order valence-corrected chi connectivity index (χ4v) is 0.373. The fourth-order valence-electron chi connectivity index (χ4n) is 0.373. The Morgan fingerprint density at radius 2 is 1.63 bits per heavy atom. The Hall–Kier alpha value is -1.56. The summed E-state index contributed by atoms with van der Waals surface area (Å²) in [6, 6.07) is 0. The Kier molecular flexibility index (Phi) is 22.4. The Labute approximate surface area is 115 Å². The van der Waals surface area contributed by atoms with Crippen LogP contribution in [0.25, 0.3) is 0 Å². The molecule has 0 aromatic heterocycles. The van der Waals surface area contributed by atoms with Gasteiger partial charge in [-0.05, 0) is 20.3 Å². The van der Waals surface area contributed by atoms with Crippen LogP contribution < -0.4 is 5.48 Å². The number of hydroxylamine groups is 1. The zero-order chi connectivity index (χ0) is 15.7. The van der Waals surface area contributed by atoms with Crippen molar-refractivity contribution < 1.29 is 24.3 Å². The maximum absolute atomic E-state index is 10.5. The summed E-state index contributed by atoms with van der Waals surface area (Å²) in [5.41, 5.74) is 2.30. The summed E-state index contributed by atoms with van der Waals surface area (Å²) in [5.74, 6) is -0.935. The number of carboxylic acids is 1. The highest BCUT2D eigenvalue weighted by Crippen LogP contribution is 1.81. The van der Waals surface area contributed by atoms with Crippen molar-refractivity contribution in [2.75, 3.05) is 13.2 Å². The second kappa shape index (κ2) is 18.8. The van der Waals surface area contributed by atoms with E-state index in [0.29, 0.717) is 13.2 Å². The highest BCUT2D eigenvalue weighted by molar-refractivity contribution is 5.84. The van der Waals surface area contributed by atoms with Crippen molar-refractivity contribution in [3.63, 3.8) is 0 Å². The normalized spacial score (nSPS) is 8.05. The van der Waals surface area contributed by atoms with E-state index in [4.69, 9.17) is 5.11 Å². The van der Waals surface area contributed by atoms with E-state index in [1.165, 1.54) is 13.3 Å². The molecule has 0 rings (SSSR count). The summed E-state index contributed by atoms with van der Waals surface area (Å²) < 4.78 is 4.51. The van der Waals surface area contributed by atoms with Gasteiger partial charge < -0.3 is 9.84 Å². The molecule has 0 aliphatic heterocycles. The second-order valence-corrected chi connectivity index (χ2v) is 3.46. The van der Waals surface area contributed by atoms with Crippen LogP contribution in [0.3, 0.4) is 0 Å². The molecule has 6 nitrogen and oxygen atoms in total. The first-order valence-corrected chi connectivity index (χ1v) is 6.30. The zero-order valence-corrected chi connectivity index (χ0v) is 12.6. The molecule has 0 saturated carbocycles. The van der Waals surface area contributed by atoms with Crippen molar-refractivity contribution in [2.45, 2.75) is 47.5 Å². The number of carbonyl (C=O) groups is 2. The van der Waals surface area contributed by atoms with Gasteiger partial charge in [-0.3, -0.25) is 4.84 Å². The van der Waals surface area contributed by atoms with E-state index in [2.05, 4.69) is 35.5 Å². The number of carbonyl (C=O) groups excluding carboxylic acids is 1. The molecule has 114 valence electrons. The average Bonchev–Trinajstić information content (AvgIpc) is 2.31. The van der Waals surface area contributed by atoms with Crippen LogP contribution >= 0.6 is 0 Å². The zero-order valence-electron chi connectivity index (χ0n) is 12.6. The molecule has 1 amide bonds. The largest absolute Gasteiger partial charge is 0.478 e. The van der Waals surface area contributed by atoms with Crippen LogP contribution in [-0.4, -0.2) is 30.4 Å². The topological polar surface area (TPSA) is 84.9 Å². The lowest BCUT2D eigenvalue weighted by Crippen LogP contribution is -2.24. The summed E-state index contributed by atoms with van der Waals surface area (Å²) in [5, 5.41) is 7.89. The van der Waals surface area contributed by atoms with Gasteiger partial charge in [0.25, 0.3) is 0 Å². The lowest BCUT2D eigenvalue weighted by atomic mass is 10.4. The van der Waals surface area contributed by atoms with Crippen molar-refractivity contribution >= 4 is 12.1 Å². The molecule has 0 aliphatic carbocycles. The number of rotatable bonds is 5. The molecule has 0 bridgehead atoms. The molecule has 0 unspecified atom stereocenters. The molecule has 0 radical (unpaired) electrons. The van der Waals surface area contributed by atoms with E-state index in [-0.39, 0.29) is 5.57 Å². The monoisotopic (exact) mass is 277 g/mol. The number of ether oxygens (including phenoxy) is 1. The van der Waals surface area contributed by atoms with Gasteiger partial charge in [0.05, 0.1) is 13.2 Å². The van der Waals surface area contributed by atoms with E-state index >= 15 is 0 Å². The quantitative estimate of drug-likeness (QED) is 0.458. The summed E-state index contributed by atoms with van der Waals surface area (Å²) in [4.78, 5) is 24.7. The molecule has 6 heteroatoms. The van der Waals surface area contributed by atoms with Gasteiger partial charge in [0.15, 0.2) is 0 Å². The van der Waals surface area contributed by atoms with Crippen molar-refractivity contribution in [1.82, 2.24) is 5.48 Å². The standard InChI is InChI=1S/C6H13NO3.C4H6O2.C3H8/c1-3-5-10-7-6(8)9-4-2;1-3(2)4(5)6;1-3-2/h3-5H2,1-2H3,(H,7,8);1H2,2H3,(H,5,6);3H2,1-2H3. The fraction of sp³-hybridized carbons (Fsp3) is 0.692. The van der Waals surface area contributed by atoms with E-state index in [1.807, 2.05) is 6.92 Å². The van der Waals surface area contributed by atoms with Gasteiger partial charge in [0.2, 0.25) is 0 Å². The molecule has 2 N–H and O–H groups in total. The van der Waals surface area contributed by atoms with Crippen molar-refractivity contribution in [3.8, 4) is 0 Å². The van der Waals surface area contributed by atoms with Crippen LogP contribution in [0.15, 0.2) is 12.2 Å². The minimum Gasteiger partial charge on any atom is -0.478 e. The molecule has 0 fully saturated rings. The van der Waals surface area contributed by atoms with Gasteiger partial charge >= 0.3 is 12.1 Å². The minimum absolute atomic E-state index is 0.176. The Bertz CT molecular complexity index is 229. The Balaban J connectivity index is -0.000000242. The van der Waals surface area contributed by atoms with E-state index in [9.17, 15) is 9.59 Å². The third-order valence-corrected chi connectivity index (χ3v) is 1.10. The number of carboxylic acid groups (broad SMARTS) is 1. The first-order chi connectivity index (χ1) is 8.87. The number of hydrogen-bond acceptors (Lipinski definition) is 4. The molecule has 0 heterocycles. The van der Waals surface area contributed by atoms with Crippen molar-refractivity contribution in [3.05, 3.63) is 12.2 Å². The number of aliphatic carboxylic acids is 1. The highest BCUT2D eigenvalue weighted by Gasteiger charge is 1.96. The van der Waals surface area contributed by atoms with E-state index < -0.39 is 12.1 Å². The molecule has 0 atom stereocenters. The van der Waals surface area contributed by atoms with Gasteiger partial charge in [0.1, 0.15) is 0 Å². The molecular formula is C13H27NO5. The van der Waals surface area contributed by atoms with Gasteiger partial charge in [0, 0.05) is 5.57 Å². The molecule has 0 aliphatic rings. The predicted molar refractivity (Wildman–Crippen MR) is 74.8 cm³/mol. The van der Waals surface area contributed by atoms with Crippen molar-refractivity contribution in [2.24, 2.45) is 0 Å². The third-order valence-electron chi connectivity index (χ3n) is 1.10. The van der Waals surface area contributed by atoms with E-state index in [1.54, 1.807) is 6.92 Å². The molecule has 0 spiro atoms. The summed E-state index contributed by atoms with van der Waals surface area (Å²) in [7, 11) is 0. The highest BCUT2D eigenvalue weighted by atomic mass is 16.7. The lowest BCUT2D eigenvalue weighted by molar-refractivity contribution is -0.132. The van der Waals surface area contributed by atoms with Crippen LogP contribution in [0.2, 0.25) is 0 Å². The number of amides is 1. The minimum atomic E-state index is -0.935. The van der Waals surface area contributed by atoms with Gasteiger partial charge in [-0.2, -0.15) is 5.48 Å². The SMILES string of the molecule is C=C(C)C(=O)O.CCC.CCCONC(=O)OCC. The first-order valence-electron chi connectivity index (χ1n) is 6.30. The predicted octanol–water partition coefficient (Wildman–Crippen LogP) is 3.14. The van der Waals surface area contributed by atoms with Crippen LogP contribution in [0.5, 0.6) is 0 Å². The smallest absolute Gasteiger partial charge is 0.431 e. The number of hydrogen-bond donors (Lipinski definition) is 2. The Morgan fingerprint density at radius 3 is 1.89 bits per heavy atom. The maximum atomic E-state index is 10.5. The van der Waals surface area contributed by atoms with E-state index in [0.717, 1.165) is 6.42 Å². The molecule has 0 saturated heterocycles. The molecule has 0 aromatic rings. The van der Waals surface area contributed by atoms with Crippen LogP contribution in [0.4, 0.5) is 4.79 Å². The second-order valence-electron chi connectivity index (χ2n) is 3.46. The number of nitrogens with one attached hydrogen (secondary N) is 1. The van der Waals surface area contributed by atoms with Crippen LogP contribution in [-0.2, 0) is 14.4 Å². The maximum Gasteiger partial charge on any atom is 0.431 e. The van der Waals surface area contributed by atoms with Gasteiger partial charge in [-0.1, -0.05) is 33.8 Å². The summed E-state index contributed by atoms with van der Waals surface area (Å²) in [6.45, 7) is 13.4. The summed E-state index contributed by atoms with van der Waals surface area (Å²) >= 11 is 0. The first kappa shape index (κ1) is 22.6. The van der Waals surface area contributed by atoms with Crippen molar-refractivity contribution in [1.29, 1.82) is 0 Å². The third kappa shape index (κ3) is 31.5. The lowest BCUT2D eigenvalue weighted by Gasteiger charge is -2.03. The molecular weight excluding hydrogens is 250 g/mol. The summed E-state index contributed by atoms with van der Waals surface area (Å²) in [6.07, 6.45) is 1.59.